The number of phenolic OH excluding ortho intramolecular Hbond substituents is 1. The molecule has 0 radical (unpaired) electrons. The molecule has 0 saturated carbocycles. The van der Waals surface area contributed by atoms with E-state index in [0.29, 0.717) is 57.1 Å². The molecule has 3 N–H and O–H groups in total. The van der Waals surface area contributed by atoms with E-state index in [4.69, 9.17) is 9.47 Å². The lowest BCUT2D eigenvalue weighted by Gasteiger charge is -2.27. The number of aromatic hydroxyl groups is 1. The van der Waals surface area contributed by atoms with Crippen molar-refractivity contribution in [2.45, 2.75) is 39.2 Å². The van der Waals surface area contributed by atoms with Crippen molar-refractivity contribution in [1.29, 1.82) is 0 Å². The largest absolute Gasteiger partial charge is 0.506 e. The van der Waals surface area contributed by atoms with Gasteiger partial charge in [-0.2, -0.15) is 0 Å². The Hall–Kier alpha value is -3.10. The summed E-state index contributed by atoms with van der Waals surface area (Å²) < 4.78 is 11.2. The zero-order chi connectivity index (χ0) is 24.3. The second-order valence-corrected chi connectivity index (χ2v) is 8.56. The van der Waals surface area contributed by atoms with Gasteiger partial charge in [0.25, 0.3) is 5.91 Å². The Balaban J connectivity index is 1.36. The third-order valence-electron chi connectivity index (χ3n) is 5.71. The molecule has 0 aromatic heterocycles. The molecule has 1 heterocycles. The topological polar surface area (TPSA) is 100 Å². The fraction of sp³-hybridized carbons (Fsp3) is 0.462. The number of phenols is 1. The number of nitrogens with zero attached hydrogens (tertiary/aromatic N) is 1. The summed E-state index contributed by atoms with van der Waals surface area (Å²) in [6.07, 6.45) is 1.88. The second kappa shape index (κ2) is 13.0. The molecule has 8 heteroatoms. The summed E-state index contributed by atoms with van der Waals surface area (Å²) in [4.78, 5) is 26.1. The Bertz CT molecular complexity index is 949. The molecule has 1 aliphatic rings. The molecule has 2 aromatic rings. The minimum Gasteiger partial charge on any atom is -0.506 e. The number of benzene rings is 2. The minimum atomic E-state index is -0.280. The maximum atomic E-state index is 12.7. The van der Waals surface area contributed by atoms with Crippen LogP contribution in [-0.2, 0) is 27.2 Å². The third-order valence-corrected chi connectivity index (χ3v) is 5.71. The van der Waals surface area contributed by atoms with Gasteiger partial charge in [0.2, 0.25) is 5.91 Å². The van der Waals surface area contributed by atoms with Crippen LogP contribution in [0.2, 0.25) is 0 Å². The van der Waals surface area contributed by atoms with Crippen molar-refractivity contribution in [3.05, 3.63) is 53.6 Å². The minimum absolute atomic E-state index is 0.00473. The molecular weight excluding hydrogens is 434 g/mol. The Labute approximate surface area is 201 Å². The first-order chi connectivity index (χ1) is 16.5. The quantitative estimate of drug-likeness (QED) is 0.308. The van der Waals surface area contributed by atoms with Gasteiger partial charge in [-0.1, -0.05) is 36.4 Å². The number of anilines is 1. The summed E-state index contributed by atoms with van der Waals surface area (Å²) in [5.41, 5.74) is 2.47. The number of nitrogens with one attached hydrogen (secondary N) is 2. The monoisotopic (exact) mass is 469 g/mol. The standard InChI is InChI=1S/C26H35N3O5/c1-19(2)29(24(32)12-17-33-16-11-20-6-4-3-5-7-20)15-14-27-13-10-21-8-9-22(30)25-26(21)34-18-23(31)28-25/h3-9,19,27,30H,10-18H2,1-2H3,(H,28,31). The molecular formula is C26H35N3O5. The zero-order valence-electron chi connectivity index (χ0n) is 20.0. The Morgan fingerprint density at radius 1 is 1.15 bits per heavy atom. The Morgan fingerprint density at radius 3 is 2.71 bits per heavy atom. The highest BCUT2D eigenvalue weighted by Crippen LogP contribution is 2.39. The van der Waals surface area contributed by atoms with Crippen LogP contribution in [0.25, 0.3) is 0 Å². The summed E-state index contributed by atoms with van der Waals surface area (Å²) >= 11 is 0. The normalized spacial score (nSPS) is 12.7. The van der Waals surface area contributed by atoms with Crippen LogP contribution in [0.1, 0.15) is 31.4 Å². The zero-order valence-corrected chi connectivity index (χ0v) is 20.0. The van der Waals surface area contributed by atoms with Gasteiger partial charge in [0, 0.05) is 19.1 Å². The highest BCUT2D eigenvalue weighted by atomic mass is 16.5. The van der Waals surface area contributed by atoms with E-state index in [1.165, 1.54) is 5.56 Å². The fourth-order valence-corrected chi connectivity index (χ4v) is 3.87. The van der Waals surface area contributed by atoms with Crippen LogP contribution in [0.3, 0.4) is 0 Å². The number of amides is 2. The van der Waals surface area contributed by atoms with Gasteiger partial charge in [-0.25, -0.2) is 0 Å². The first kappa shape index (κ1) is 25.5. The molecule has 0 saturated heterocycles. The van der Waals surface area contributed by atoms with Crippen LogP contribution in [0.4, 0.5) is 5.69 Å². The number of carbonyl (C=O) groups excluding carboxylic acids is 2. The highest BCUT2D eigenvalue weighted by Gasteiger charge is 2.22. The highest BCUT2D eigenvalue weighted by molar-refractivity contribution is 5.97. The molecule has 0 spiro atoms. The second-order valence-electron chi connectivity index (χ2n) is 8.56. The SMILES string of the molecule is CC(C)N(CCNCCc1ccc(O)c2c1OCC(=O)N2)C(=O)CCOCCc1ccccc1. The van der Waals surface area contributed by atoms with Crippen LogP contribution < -0.4 is 15.4 Å². The molecule has 2 amide bonds. The van der Waals surface area contributed by atoms with Crippen molar-refractivity contribution < 1.29 is 24.2 Å². The van der Waals surface area contributed by atoms with Gasteiger partial charge in [-0.05, 0) is 50.4 Å². The molecule has 34 heavy (non-hydrogen) atoms. The van der Waals surface area contributed by atoms with E-state index in [1.807, 2.05) is 36.9 Å². The number of fused-ring (bicyclic) bond motifs is 1. The van der Waals surface area contributed by atoms with Crippen LogP contribution >= 0.6 is 0 Å². The summed E-state index contributed by atoms with van der Waals surface area (Å²) in [5.74, 6) is 0.328. The summed E-state index contributed by atoms with van der Waals surface area (Å²) in [5, 5.41) is 16.0. The number of carbonyl (C=O) groups is 2. The average Bonchev–Trinajstić information content (AvgIpc) is 2.83. The maximum absolute atomic E-state index is 12.7. The summed E-state index contributed by atoms with van der Waals surface area (Å²) in [6.45, 7) is 6.96. The number of ether oxygens (including phenoxy) is 2. The lowest BCUT2D eigenvalue weighted by molar-refractivity contribution is -0.134. The third kappa shape index (κ3) is 7.46. The molecule has 0 atom stereocenters. The summed E-state index contributed by atoms with van der Waals surface area (Å²) in [7, 11) is 0. The molecule has 184 valence electrons. The Kier molecular flexibility index (Phi) is 9.73. The number of hydrogen-bond acceptors (Lipinski definition) is 6. The summed E-state index contributed by atoms with van der Waals surface area (Å²) in [6, 6.07) is 13.6. The van der Waals surface area contributed by atoms with E-state index >= 15 is 0 Å². The number of hydrogen-bond donors (Lipinski definition) is 3. The van der Waals surface area contributed by atoms with Gasteiger partial charge < -0.3 is 30.1 Å². The molecule has 3 rings (SSSR count). The Morgan fingerprint density at radius 2 is 1.94 bits per heavy atom. The molecule has 2 aromatic carbocycles. The van der Waals surface area contributed by atoms with Crippen molar-refractivity contribution in [1.82, 2.24) is 10.2 Å². The molecule has 8 nitrogen and oxygen atoms in total. The lowest BCUT2D eigenvalue weighted by Crippen LogP contribution is -2.42. The number of rotatable bonds is 13. The maximum Gasteiger partial charge on any atom is 0.262 e. The van der Waals surface area contributed by atoms with Gasteiger partial charge in [0.05, 0.1) is 19.6 Å². The van der Waals surface area contributed by atoms with Crippen molar-refractivity contribution in [3.8, 4) is 11.5 Å². The fourth-order valence-electron chi connectivity index (χ4n) is 3.87. The van der Waals surface area contributed by atoms with Crippen molar-refractivity contribution in [2.24, 2.45) is 0 Å². The van der Waals surface area contributed by atoms with E-state index in [1.54, 1.807) is 12.1 Å². The van der Waals surface area contributed by atoms with E-state index in [9.17, 15) is 14.7 Å². The molecule has 0 unspecified atom stereocenters. The predicted octanol–water partition coefficient (Wildman–Crippen LogP) is 2.74. The molecule has 0 aliphatic carbocycles. The van der Waals surface area contributed by atoms with Crippen molar-refractivity contribution in [2.75, 3.05) is 44.8 Å². The van der Waals surface area contributed by atoms with Crippen LogP contribution in [0.5, 0.6) is 11.5 Å². The van der Waals surface area contributed by atoms with E-state index in [0.717, 1.165) is 12.0 Å². The van der Waals surface area contributed by atoms with Crippen molar-refractivity contribution >= 4 is 17.5 Å². The van der Waals surface area contributed by atoms with E-state index in [2.05, 4.69) is 22.8 Å². The first-order valence-electron chi connectivity index (χ1n) is 11.8. The van der Waals surface area contributed by atoms with Gasteiger partial charge in [0.1, 0.15) is 11.4 Å². The van der Waals surface area contributed by atoms with Crippen molar-refractivity contribution in [3.63, 3.8) is 0 Å². The predicted molar refractivity (Wildman–Crippen MR) is 131 cm³/mol. The van der Waals surface area contributed by atoms with E-state index in [-0.39, 0.29) is 30.2 Å². The average molecular weight is 470 g/mol. The molecule has 1 aliphatic heterocycles. The van der Waals surface area contributed by atoms with Crippen LogP contribution in [0.15, 0.2) is 42.5 Å². The van der Waals surface area contributed by atoms with Gasteiger partial charge in [0.15, 0.2) is 12.4 Å². The lowest BCUT2D eigenvalue weighted by atomic mass is 10.1. The molecule has 0 bridgehead atoms. The van der Waals surface area contributed by atoms with E-state index < -0.39 is 0 Å². The van der Waals surface area contributed by atoms with Gasteiger partial charge >= 0.3 is 0 Å². The molecule has 0 fully saturated rings. The van der Waals surface area contributed by atoms with Crippen LogP contribution in [-0.4, -0.2) is 67.3 Å². The van der Waals surface area contributed by atoms with Crippen LogP contribution in [0, 0.1) is 0 Å². The first-order valence-corrected chi connectivity index (χ1v) is 11.8. The van der Waals surface area contributed by atoms with Gasteiger partial charge in [-0.3, -0.25) is 9.59 Å². The van der Waals surface area contributed by atoms with Gasteiger partial charge in [-0.15, -0.1) is 0 Å². The smallest absolute Gasteiger partial charge is 0.262 e.